The number of nitrogens with one attached hydrogen (secondary N) is 1. The molecule has 4 nitrogen and oxygen atoms in total. The van der Waals surface area contributed by atoms with Crippen molar-refractivity contribution in [2.75, 3.05) is 5.32 Å². The molecular weight excluding hydrogens is 190 g/mol. The van der Waals surface area contributed by atoms with E-state index in [9.17, 15) is 4.79 Å². The van der Waals surface area contributed by atoms with Crippen molar-refractivity contribution in [2.24, 2.45) is 0 Å². The summed E-state index contributed by atoms with van der Waals surface area (Å²) in [7, 11) is 0. The summed E-state index contributed by atoms with van der Waals surface area (Å²) in [6, 6.07) is 9.37. The first-order valence-electron chi connectivity index (χ1n) is 4.63. The Morgan fingerprint density at radius 2 is 2.27 bits per heavy atom. The number of carbonyl (C=O) groups is 1. The molecule has 1 N–H and O–H groups in total. The van der Waals surface area contributed by atoms with Gasteiger partial charge in [-0.25, -0.2) is 4.68 Å². The van der Waals surface area contributed by atoms with E-state index < -0.39 is 0 Å². The number of amides is 1. The molecule has 1 aromatic heterocycles. The summed E-state index contributed by atoms with van der Waals surface area (Å²) in [6.07, 6.45) is 3.57. The monoisotopic (exact) mass is 201 g/mol. The third-order valence-corrected chi connectivity index (χ3v) is 1.94. The van der Waals surface area contributed by atoms with Crippen LogP contribution in [0.15, 0.2) is 42.7 Å². The molecule has 76 valence electrons. The summed E-state index contributed by atoms with van der Waals surface area (Å²) < 4.78 is 1.74. The number of benzene rings is 1. The van der Waals surface area contributed by atoms with Crippen LogP contribution in [0.25, 0.3) is 5.69 Å². The zero-order valence-electron chi connectivity index (χ0n) is 8.34. The third-order valence-electron chi connectivity index (χ3n) is 1.94. The topological polar surface area (TPSA) is 46.9 Å². The van der Waals surface area contributed by atoms with Crippen LogP contribution in [0.2, 0.25) is 0 Å². The standard InChI is InChI=1S/C11H11N3O/c1-9(15)13-10-4-2-5-11(8-10)14-7-3-6-12-14/h2-8H,1H3,(H,13,15). The van der Waals surface area contributed by atoms with Crippen LogP contribution >= 0.6 is 0 Å². The molecule has 0 bridgehead atoms. The Morgan fingerprint density at radius 1 is 1.40 bits per heavy atom. The van der Waals surface area contributed by atoms with E-state index in [4.69, 9.17) is 0 Å². The molecule has 2 aromatic rings. The number of nitrogens with zero attached hydrogens (tertiary/aromatic N) is 2. The van der Waals surface area contributed by atoms with Crippen molar-refractivity contribution in [1.29, 1.82) is 0 Å². The SMILES string of the molecule is CC(=O)Nc1cccc(-n2cccn2)c1. The van der Waals surface area contributed by atoms with Gasteiger partial charge in [-0.2, -0.15) is 5.10 Å². The molecule has 0 fully saturated rings. The summed E-state index contributed by atoms with van der Waals surface area (Å²) in [5.74, 6) is -0.0763. The molecule has 2 rings (SSSR count). The largest absolute Gasteiger partial charge is 0.326 e. The third kappa shape index (κ3) is 2.22. The van der Waals surface area contributed by atoms with Crippen LogP contribution in [0.3, 0.4) is 0 Å². The number of carbonyl (C=O) groups excluding carboxylic acids is 1. The predicted octanol–water partition coefficient (Wildman–Crippen LogP) is 1.83. The van der Waals surface area contributed by atoms with Gasteiger partial charge in [-0.3, -0.25) is 4.79 Å². The van der Waals surface area contributed by atoms with Gasteiger partial charge in [-0.1, -0.05) is 6.07 Å². The van der Waals surface area contributed by atoms with Gasteiger partial charge in [-0.05, 0) is 24.3 Å². The lowest BCUT2D eigenvalue weighted by atomic mass is 10.3. The second-order valence-corrected chi connectivity index (χ2v) is 3.18. The van der Waals surface area contributed by atoms with Crippen LogP contribution in [-0.4, -0.2) is 15.7 Å². The van der Waals surface area contributed by atoms with E-state index in [0.717, 1.165) is 11.4 Å². The molecule has 0 atom stereocenters. The Bertz CT molecular complexity index is 462. The summed E-state index contributed by atoms with van der Waals surface area (Å²) in [5.41, 5.74) is 1.70. The Kier molecular flexibility index (Phi) is 2.49. The molecule has 0 radical (unpaired) electrons. The van der Waals surface area contributed by atoms with E-state index in [-0.39, 0.29) is 5.91 Å². The van der Waals surface area contributed by atoms with Crippen LogP contribution in [0, 0.1) is 0 Å². The normalized spacial score (nSPS) is 9.93. The fourth-order valence-electron chi connectivity index (χ4n) is 1.35. The van der Waals surface area contributed by atoms with Crippen molar-refractivity contribution < 1.29 is 4.79 Å². The van der Waals surface area contributed by atoms with Gasteiger partial charge in [0.2, 0.25) is 5.91 Å². The highest BCUT2D eigenvalue weighted by molar-refractivity contribution is 5.88. The highest BCUT2D eigenvalue weighted by Gasteiger charge is 1.99. The molecule has 0 saturated carbocycles. The maximum absolute atomic E-state index is 10.9. The molecule has 0 spiro atoms. The van der Waals surface area contributed by atoms with Gasteiger partial charge in [0.25, 0.3) is 0 Å². The molecule has 0 aliphatic carbocycles. The van der Waals surface area contributed by atoms with E-state index in [1.165, 1.54) is 6.92 Å². The first kappa shape index (κ1) is 9.45. The average molecular weight is 201 g/mol. The lowest BCUT2D eigenvalue weighted by Crippen LogP contribution is -2.06. The van der Waals surface area contributed by atoms with Gasteiger partial charge in [-0.15, -0.1) is 0 Å². The van der Waals surface area contributed by atoms with E-state index >= 15 is 0 Å². The molecule has 0 aliphatic rings. The number of hydrogen-bond donors (Lipinski definition) is 1. The van der Waals surface area contributed by atoms with Gasteiger partial charge in [0.15, 0.2) is 0 Å². The Balaban J connectivity index is 2.31. The van der Waals surface area contributed by atoms with E-state index in [1.807, 2.05) is 36.5 Å². The summed E-state index contributed by atoms with van der Waals surface area (Å²) in [6.45, 7) is 1.49. The molecule has 1 heterocycles. The lowest BCUT2D eigenvalue weighted by Gasteiger charge is -2.05. The smallest absolute Gasteiger partial charge is 0.221 e. The molecule has 1 aromatic carbocycles. The van der Waals surface area contributed by atoms with Crippen LogP contribution in [0.5, 0.6) is 0 Å². The zero-order chi connectivity index (χ0) is 10.7. The highest BCUT2D eigenvalue weighted by Crippen LogP contribution is 2.13. The Hall–Kier alpha value is -2.10. The Labute approximate surface area is 87.5 Å². The fourth-order valence-corrected chi connectivity index (χ4v) is 1.35. The molecule has 4 heteroatoms. The van der Waals surface area contributed by atoms with Crippen molar-refractivity contribution in [3.05, 3.63) is 42.7 Å². The number of aromatic nitrogens is 2. The second-order valence-electron chi connectivity index (χ2n) is 3.18. The minimum Gasteiger partial charge on any atom is -0.326 e. The quantitative estimate of drug-likeness (QED) is 0.805. The molecule has 1 amide bonds. The lowest BCUT2D eigenvalue weighted by molar-refractivity contribution is -0.114. The van der Waals surface area contributed by atoms with Crippen molar-refractivity contribution in [3.8, 4) is 5.69 Å². The van der Waals surface area contributed by atoms with E-state index in [0.29, 0.717) is 0 Å². The molecular formula is C11H11N3O. The van der Waals surface area contributed by atoms with E-state index in [1.54, 1.807) is 10.9 Å². The van der Waals surface area contributed by atoms with Gasteiger partial charge < -0.3 is 5.32 Å². The number of hydrogen-bond acceptors (Lipinski definition) is 2. The summed E-state index contributed by atoms with van der Waals surface area (Å²) in [5, 5.41) is 6.84. The number of anilines is 1. The summed E-state index contributed by atoms with van der Waals surface area (Å²) >= 11 is 0. The first-order valence-corrected chi connectivity index (χ1v) is 4.63. The molecule has 15 heavy (non-hydrogen) atoms. The minimum atomic E-state index is -0.0763. The van der Waals surface area contributed by atoms with Crippen LogP contribution < -0.4 is 5.32 Å². The van der Waals surface area contributed by atoms with Crippen LogP contribution in [0.4, 0.5) is 5.69 Å². The van der Waals surface area contributed by atoms with Gasteiger partial charge in [0, 0.05) is 25.0 Å². The maximum Gasteiger partial charge on any atom is 0.221 e. The van der Waals surface area contributed by atoms with Crippen LogP contribution in [-0.2, 0) is 4.79 Å². The van der Waals surface area contributed by atoms with E-state index in [2.05, 4.69) is 10.4 Å². The number of rotatable bonds is 2. The van der Waals surface area contributed by atoms with Gasteiger partial charge in [0.05, 0.1) is 5.69 Å². The van der Waals surface area contributed by atoms with Crippen LogP contribution in [0.1, 0.15) is 6.92 Å². The van der Waals surface area contributed by atoms with Gasteiger partial charge in [0.1, 0.15) is 0 Å². The van der Waals surface area contributed by atoms with Gasteiger partial charge >= 0.3 is 0 Å². The highest BCUT2D eigenvalue weighted by atomic mass is 16.1. The van der Waals surface area contributed by atoms with Crippen molar-refractivity contribution in [2.45, 2.75) is 6.92 Å². The predicted molar refractivity (Wildman–Crippen MR) is 57.9 cm³/mol. The maximum atomic E-state index is 10.9. The van der Waals surface area contributed by atoms with Crippen molar-refractivity contribution >= 4 is 11.6 Å². The molecule has 0 aliphatic heterocycles. The molecule has 0 saturated heterocycles. The zero-order valence-corrected chi connectivity index (χ0v) is 8.34. The Morgan fingerprint density at radius 3 is 2.93 bits per heavy atom. The first-order chi connectivity index (χ1) is 7.25. The van der Waals surface area contributed by atoms with Crippen molar-refractivity contribution in [3.63, 3.8) is 0 Å². The van der Waals surface area contributed by atoms with Crippen molar-refractivity contribution in [1.82, 2.24) is 9.78 Å². The molecule has 0 unspecified atom stereocenters. The summed E-state index contributed by atoms with van der Waals surface area (Å²) in [4.78, 5) is 10.9. The average Bonchev–Trinajstić information content (AvgIpc) is 2.69. The fraction of sp³-hybridized carbons (Fsp3) is 0.0909. The minimum absolute atomic E-state index is 0.0763. The second kappa shape index (κ2) is 3.96.